The molecule has 3 aromatic rings. The number of alkyl halides is 3. The third kappa shape index (κ3) is 5.20. The maximum Gasteiger partial charge on any atom is 0.418 e. The molecule has 7 nitrogen and oxygen atoms in total. The number of amidine groups is 1. The molecule has 0 unspecified atom stereocenters. The summed E-state index contributed by atoms with van der Waals surface area (Å²) in [5, 5.41) is 3.46. The van der Waals surface area contributed by atoms with Gasteiger partial charge in [-0.2, -0.15) is 13.2 Å². The predicted molar refractivity (Wildman–Crippen MR) is 129 cm³/mol. The van der Waals surface area contributed by atoms with Gasteiger partial charge < -0.3 is 19.9 Å². The minimum Gasteiger partial charge on any atom is -0.490 e. The highest BCUT2D eigenvalue weighted by Gasteiger charge is 2.35. The normalized spacial score (nSPS) is 20.2. The Balaban J connectivity index is 1.39. The van der Waals surface area contributed by atoms with Gasteiger partial charge in [0.05, 0.1) is 16.2 Å². The smallest absolute Gasteiger partial charge is 0.418 e. The quantitative estimate of drug-likeness (QED) is 0.495. The first kappa shape index (κ1) is 23.4. The van der Waals surface area contributed by atoms with E-state index in [9.17, 15) is 18.0 Å². The van der Waals surface area contributed by atoms with Crippen molar-refractivity contribution >= 4 is 45.6 Å². The van der Waals surface area contributed by atoms with Crippen LogP contribution in [0.4, 0.5) is 18.9 Å². The number of rotatable bonds is 4. The first-order valence-electron chi connectivity index (χ1n) is 11.0. The molecule has 11 heteroatoms. The van der Waals surface area contributed by atoms with Crippen molar-refractivity contribution in [2.24, 2.45) is 4.99 Å². The average molecular weight is 502 g/mol. The zero-order chi connectivity index (χ0) is 24.6. The number of piperidine rings is 1. The molecule has 5 rings (SSSR count). The van der Waals surface area contributed by atoms with Crippen molar-refractivity contribution in [1.82, 2.24) is 20.2 Å². The summed E-state index contributed by atoms with van der Waals surface area (Å²) in [7, 11) is 2.00. The van der Waals surface area contributed by atoms with Crippen LogP contribution < -0.4 is 10.1 Å². The van der Waals surface area contributed by atoms with Gasteiger partial charge in [-0.25, -0.2) is 9.98 Å². The number of H-pyrrole nitrogens is 1. The Morgan fingerprint density at radius 2 is 2.06 bits per heavy atom. The number of aromatic amines is 1. The minimum atomic E-state index is -4.63. The summed E-state index contributed by atoms with van der Waals surface area (Å²) in [5.74, 6) is -0.268. The monoisotopic (exact) mass is 501 g/mol. The van der Waals surface area contributed by atoms with Gasteiger partial charge in [-0.3, -0.25) is 4.79 Å². The fraction of sp³-hybridized carbons (Fsp3) is 0.292. The van der Waals surface area contributed by atoms with Crippen LogP contribution in [0.3, 0.4) is 0 Å². The highest BCUT2D eigenvalue weighted by atomic mass is 32.2. The number of amides is 1. The van der Waals surface area contributed by atoms with Crippen molar-refractivity contribution in [3.63, 3.8) is 0 Å². The zero-order valence-corrected chi connectivity index (χ0v) is 19.5. The number of nitrogens with zero attached hydrogens (tertiary/aromatic N) is 3. The van der Waals surface area contributed by atoms with Crippen molar-refractivity contribution in [3.05, 3.63) is 58.8 Å². The van der Waals surface area contributed by atoms with E-state index in [1.807, 2.05) is 13.1 Å². The van der Waals surface area contributed by atoms with Crippen molar-refractivity contribution in [2.75, 3.05) is 20.1 Å². The molecule has 182 valence electrons. The zero-order valence-electron chi connectivity index (χ0n) is 18.7. The minimum absolute atomic E-state index is 0.0775. The van der Waals surface area contributed by atoms with Crippen molar-refractivity contribution in [3.8, 4) is 5.75 Å². The molecule has 0 radical (unpaired) electrons. The number of hydrogen-bond acceptors (Lipinski definition) is 6. The van der Waals surface area contributed by atoms with E-state index in [1.54, 1.807) is 24.5 Å². The van der Waals surface area contributed by atoms with Gasteiger partial charge in [-0.1, -0.05) is 0 Å². The highest BCUT2D eigenvalue weighted by Crippen LogP contribution is 2.40. The van der Waals surface area contributed by atoms with Gasteiger partial charge in [-0.15, -0.1) is 0 Å². The standard InChI is InChI=1S/C24H22F3N5O2S/c1-32-9-6-15(7-10-32)34-16-4-5-19(18(12-16)24(25,26)27)30-23-31-22(33)20(35-23)11-14-13-29-21-17(14)3-2-8-28-21/h2-5,8,11-13,15H,6-7,9-10H2,1H3,(H,28,29)(H,30,31,33)/b20-11-. The largest absolute Gasteiger partial charge is 0.490 e. The molecule has 0 atom stereocenters. The Labute approximate surface area is 203 Å². The number of aliphatic imine (C=N–C) groups is 1. The van der Waals surface area contributed by atoms with Crippen LogP contribution in [0.15, 0.2) is 52.6 Å². The summed E-state index contributed by atoms with van der Waals surface area (Å²) in [5.41, 5.74) is 0.228. The molecule has 0 saturated carbocycles. The van der Waals surface area contributed by atoms with Crippen LogP contribution >= 0.6 is 11.8 Å². The van der Waals surface area contributed by atoms with Crippen molar-refractivity contribution < 1.29 is 22.7 Å². The fourth-order valence-electron chi connectivity index (χ4n) is 4.04. The molecule has 2 saturated heterocycles. The van der Waals surface area contributed by atoms with Crippen LogP contribution in [0.25, 0.3) is 17.1 Å². The highest BCUT2D eigenvalue weighted by molar-refractivity contribution is 8.18. The van der Waals surface area contributed by atoms with Crippen LogP contribution in [0.1, 0.15) is 24.0 Å². The Hall–Kier alpha value is -3.31. The molecule has 1 amide bonds. The average Bonchev–Trinajstić information content (AvgIpc) is 3.39. The molecule has 2 aliphatic heterocycles. The number of pyridine rings is 1. The number of halogens is 3. The summed E-state index contributed by atoms with van der Waals surface area (Å²) in [6.07, 6.45) is 1.79. The molecule has 1 aromatic carbocycles. The van der Waals surface area contributed by atoms with Gasteiger partial charge in [0.2, 0.25) is 0 Å². The lowest BCUT2D eigenvalue weighted by Gasteiger charge is -2.29. The number of benzene rings is 1. The number of likely N-dealkylation sites (tertiary alicyclic amines) is 1. The summed E-state index contributed by atoms with van der Waals surface area (Å²) in [4.78, 5) is 26.3. The van der Waals surface area contributed by atoms with Gasteiger partial charge in [0.1, 0.15) is 17.5 Å². The number of hydrogen-bond donors (Lipinski definition) is 2. The molecule has 0 aliphatic carbocycles. The Morgan fingerprint density at radius 1 is 1.26 bits per heavy atom. The lowest BCUT2D eigenvalue weighted by molar-refractivity contribution is -0.137. The van der Waals surface area contributed by atoms with Gasteiger partial charge in [0, 0.05) is 36.4 Å². The Kier molecular flexibility index (Phi) is 6.28. The lowest BCUT2D eigenvalue weighted by atomic mass is 10.1. The summed E-state index contributed by atoms with van der Waals surface area (Å²) in [6, 6.07) is 7.40. The number of ether oxygens (including phenoxy) is 1. The summed E-state index contributed by atoms with van der Waals surface area (Å²) in [6.45, 7) is 1.68. The first-order valence-corrected chi connectivity index (χ1v) is 11.9. The van der Waals surface area contributed by atoms with E-state index in [2.05, 4.69) is 25.2 Å². The molecule has 35 heavy (non-hydrogen) atoms. The Morgan fingerprint density at radius 3 is 2.83 bits per heavy atom. The summed E-state index contributed by atoms with van der Waals surface area (Å²) >= 11 is 0.986. The maximum atomic E-state index is 13.8. The molecule has 2 aromatic heterocycles. The molecular weight excluding hydrogens is 479 g/mol. The number of nitrogens with one attached hydrogen (secondary N) is 2. The molecule has 4 heterocycles. The van der Waals surface area contributed by atoms with E-state index >= 15 is 0 Å². The molecular formula is C24H22F3N5O2S. The van der Waals surface area contributed by atoms with E-state index in [0.29, 0.717) is 10.6 Å². The number of fused-ring (bicyclic) bond motifs is 1. The number of carbonyl (C=O) groups excluding carboxylic acids is 1. The second-order valence-corrected chi connectivity index (χ2v) is 9.45. The number of aromatic nitrogens is 2. The third-order valence-electron chi connectivity index (χ3n) is 5.88. The molecule has 2 N–H and O–H groups in total. The van der Waals surface area contributed by atoms with E-state index < -0.39 is 17.6 Å². The lowest BCUT2D eigenvalue weighted by Crippen LogP contribution is -2.35. The van der Waals surface area contributed by atoms with Crippen LogP contribution in [0.5, 0.6) is 5.75 Å². The topological polar surface area (TPSA) is 82.6 Å². The number of thioether (sulfide) groups is 1. The van der Waals surface area contributed by atoms with Crippen molar-refractivity contribution in [1.29, 1.82) is 0 Å². The SMILES string of the molecule is CN1CCC(Oc2ccc(/N=C3/NC(=O)/C(=C/c4c[nH]c5ncccc45)S3)c(C(F)(F)F)c2)CC1. The van der Waals surface area contributed by atoms with E-state index in [4.69, 9.17) is 4.74 Å². The second kappa shape index (κ2) is 9.38. The third-order valence-corrected chi connectivity index (χ3v) is 6.79. The van der Waals surface area contributed by atoms with Crippen LogP contribution in [-0.4, -0.2) is 52.2 Å². The van der Waals surface area contributed by atoms with Crippen LogP contribution in [0.2, 0.25) is 0 Å². The van der Waals surface area contributed by atoms with Gasteiger partial charge in [-0.05, 0) is 68.1 Å². The predicted octanol–water partition coefficient (Wildman–Crippen LogP) is 4.95. The summed E-state index contributed by atoms with van der Waals surface area (Å²) < 4.78 is 47.3. The molecule has 0 spiro atoms. The first-order chi connectivity index (χ1) is 16.8. The van der Waals surface area contributed by atoms with Gasteiger partial charge in [0.25, 0.3) is 5.91 Å². The van der Waals surface area contributed by atoms with E-state index in [1.165, 1.54) is 12.1 Å². The Bertz CT molecular complexity index is 1330. The number of carbonyl (C=O) groups is 1. The fourth-order valence-corrected chi connectivity index (χ4v) is 4.86. The van der Waals surface area contributed by atoms with Crippen LogP contribution in [0, 0.1) is 0 Å². The molecule has 0 bridgehead atoms. The maximum absolute atomic E-state index is 13.8. The van der Waals surface area contributed by atoms with E-state index in [0.717, 1.165) is 54.7 Å². The van der Waals surface area contributed by atoms with E-state index in [-0.39, 0.29) is 22.7 Å². The van der Waals surface area contributed by atoms with Gasteiger partial charge >= 0.3 is 6.18 Å². The second-order valence-electron chi connectivity index (χ2n) is 8.42. The molecule has 2 aliphatic rings. The van der Waals surface area contributed by atoms with Crippen molar-refractivity contribution in [2.45, 2.75) is 25.1 Å². The van der Waals surface area contributed by atoms with Gasteiger partial charge in [0.15, 0.2) is 5.17 Å². The molecule has 2 fully saturated rings. The van der Waals surface area contributed by atoms with Crippen LogP contribution in [-0.2, 0) is 11.0 Å².